The number of hydrogen-bond acceptors (Lipinski definition) is 6. The first-order valence-electron chi connectivity index (χ1n) is 9.37. The van der Waals surface area contributed by atoms with Crippen molar-refractivity contribution in [1.29, 1.82) is 0 Å². The second kappa shape index (κ2) is 8.65. The lowest BCUT2D eigenvalue weighted by atomic mass is 10.1. The Bertz CT molecular complexity index is 1100. The molecule has 0 radical (unpaired) electrons. The molecule has 0 aliphatic carbocycles. The highest BCUT2D eigenvalue weighted by atomic mass is 32.2. The van der Waals surface area contributed by atoms with Crippen molar-refractivity contribution in [3.8, 4) is 0 Å². The molecule has 2 heterocycles. The summed E-state index contributed by atoms with van der Waals surface area (Å²) in [6.45, 7) is 0.894. The predicted octanol–water partition coefficient (Wildman–Crippen LogP) is 3.84. The second-order valence-corrected chi connectivity index (χ2v) is 8.91. The number of aromatic nitrogens is 1. The van der Waals surface area contributed by atoms with E-state index in [0.29, 0.717) is 5.56 Å². The van der Waals surface area contributed by atoms with E-state index >= 15 is 0 Å². The Balaban J connectivity index is 1.70. The predicted molar refractivity (Wildman–Crippen MR) is 103 cm³/mol. The first kappa shape index (κ1) is 23.9. The van der Waals surface area contributed by atoms with Crippen molar-refractivity contribution in [1.82, 2.24) is 14.0 Å². The van der Waals surface area contributed by atoms with Crippen LogP contribution in [0.25, 0.3) is 0 Å². The molecule has 1 saturated heterocycles. The largest absolute Gasteiger partial charge is 0.431 e. The molecule has 1 amide bonds. The maximum atomic E-state index is 13.5. The van der Waals surface area contributed by atoms with Crippen LogP contribution in [0.4, 0.5) is 33.7 Å². The molecule has 14 heteroatoms. The van der Waals surface area contributed by atoms with Gasteiger partial charge in [0.1, 0.15) is 6.26 Å². The molecule has 0 bridgehead atoms. The molecule has 0 atom stereocenters. The average Bonchev–Trinajstić information content (AvgIpc) is 3.05. The molecule has 2 N–H and O–H groups in total. The molecule has 3 rings (SSSR count). The van der Waals surface area contributed by atoms with E-state index in [-0.39, 0.29) is 24.7 Å². The van der Waals surface area contributed by atoms with Gasteiger partial charge in [-0.2, -0.15) is 30.9 Å². The minimum atomic E-state index is -4.57. The number of nitrogens with zero attached hydrogens (tertiary/aromatic N) is 2. The quantitative estimate of drug-likeness (QED) is 0.628. The molecule has 176 valence electrons. The highest BCUT2D eigenvalue weighted by molar-refractivity contribution is 7.87. The van der Waals surface area contributed by atoms with Crippen molar-refractivity contribution < 1.29 is 39.6 Å². The van der Waals surface area contributed by atoms with Crippen LogP contribution in [-0.2, 0) is 16.4 Å². The molecular formula is C18H19F5N4O4S. The third kappa shape index (κ3) is 5.73. The third-order valence-electron chi connectivity index (χ3n) is 4.78. The Kier molecular flexibility index (Phi) is 6.47. The number of halogens is 5. The van der Waals surface area contributed by atoms with Gasteiger partial charge < -0.3 is 9.73 Å². The van der Waals surface area contributed by atoms with Crippen molar-refractivity contribution in [2.24, 2.45) is 0 Å². The summed E-state index contributed by atoms with van der Waals surface area (Å²) in [5, 5.41) is 2.50. The molecule has 1 aliphatic heterocycles. The maximum Gasteiger partial charge on any atom is 0.416 e. The van der Waals surface area contributed by atoms with Crippen molar-refractivity contribution >= 4 is 27.8 Å². The lowest BCUT2D eigenvalue weighted by Crippen LogP contribution is -2.44. The fraction of sp³-hybridized carbons (Fsp3) is 0.444. The van der Waals surface area contributed by atoms with Gasteiger partial charge in [-0.3, -0.25) is 4.79 Å². The number of benzene rings is 1. The number of amides is 1. The maximum absolute atomic E-state index is 13.5. The van der Waals surface area contributed by atoms with Crippen molar-refractivity contribution in [3.63, 3.8) is 0 Å². The highest BCUT2D eigenvalue weighted by Crippen LogP contribution is 2.33. The normalized spacial score (nSPS) is 17.6. The summed E-state index contributed by atoms with van der Waals surface area (Å²) in [7, 11) is -4.41. The Labute approximate surface area is 180 Å². The number of carbonyl (C=O) groups excluding carboxylic acids is 1. The molecule has 1 aromatic heterocycles. The summed E-state index contributed by atoms with van der Waals surface area (Å²) in [5.74, 6) is -4.17. The van der Waals surface area contributed by atoms with E-state index in [9.17, 15) is 35.2 Å². The molecule has 0 spiro atoms. The van der Waals surface area contributed by atoms with Gasteiger partial charge in [-0.15, -0.1) is 0 Å². The van der Waals surface area contributed by atoms with Crippen LogP contribution < -0.4 is 10.0 Å². The summed E-state index contributed by atoms with van der Waals surface area (Å²) in [6.07, 6.45) is -4.96. The van der Waals surface area contributed by atoms with Crippen LogP contribution in [0.1, 0.15) is 40.9 Å². The topological polar surface area (TPSA) is 105 Å². The van der Waals surface area contributed by atoms with E-state index in [2.05, 4.69) is 10.3 Å². The first-order valence-corrected chi connectivity index (χ1v) is 10.8. The Morgan fingerprint density at radius 1 is 1.22 bits per heavy atom. The van der Waals surface area contributed by atoms with E-state index in [0.717, 1.165) is 22.7 Å². The molecule has 1 fully saturated rings. The zero-order chi connectivity index (χ0) is 23.7. The summed E-state index contributed by atoms with van der Waals surface area (Å²) in [6, 6.07) is 2.63. The van der Waals surface area contributed by atoms with Crippen LogP contribution in [0, 0.1) is 6.92 Å². The van der Waals surface area contributed by atoms with Gasteiger partial charge >= 0.3 is 16.4 Å². The monoisotopic (exact) mass is 482 g/mol. The zero-order valence-corrected chi connectivity index (χ0v) is 17.5. The number of oxazole rings is 1. The first-order chi connectivity index (χ1) is 14.8. The number of nitrogens with one attached hydrogen (secondary N) is 2. The van der Waals surface area contributed by atoms with E-state index in [1.807, 2.05) is 0 Å². The van der Waals surface area contributed by atoms with Crippen LogP contribution in [0.15, 0.2) is 28.9 Å². The number of carbonyl (C=O) groups is 1. The Morgan fingerprint density at radius 2 is 1.94 bits per heavy atom. The van der Waals surface area contributed by atoms with E-state index in [1.165, 1.54) is 13.0 Å². The zero-order valence-electron chi connectivity index (χ0n) is 16.7. The van der Waals surface area contributed by atoms with Gasteiger partial charge in [-0.05, 0) is 31.0 Å². The van der Waals surface area contributed by atoms with E-state index in [1.54, 1.807) is 4.72 Å². The molecule has 1 aliphatic rings. The number of aryl methyl sites for hydroxylation is 1. The molecule has 0 saturated carbocycles. The molecular weight excluding hydrogens is 463 g/mol. The van der Waals surface area contributed by atoms with Gasteiger partial charge in [0.15, 0.2) is 5.69 Å². The smallest absolute Gasteiger partial charge is 0.416 e. The highest BCUT2D eigenvalue weighted by Gasteiger charge is 2.36. The standard InChI is InChI=1S/C18H19F5N4O4S/c1-11-3-4-12(18(21,22)23)9-13(11)24-16-25-14(10-31-16)15(28)26-32(29,30)27-7-2-5-17(19,20)6-8-27/h3-4,9-10H,2,5-8H2,1H3,(H,24,25)(H,26,28). The number of rotatable bonds is 5. The molecule has 0 unspecified atom stereocenters. The lowest BCUT2D eigenvalue weighted by molar-refractivity contribution is -0.137. The molecule has 32 heavy (non-hydrogen) atoms. The third-order valence-corrected chi connectivity index (χ3v) is 6.27. The minimum Gasteiger partial charge on any atom is -0.431 e. The molecule has 1 aromatic carbocycles. The number of alkyl halides is 5. The van der Waals surface area contributed by atoms with Crippen LogP contribution >= 0.6 is 0 Å². The van der Waals surface area contributed by atoms with Crippen LogP contribution in [0.2, 0.25) is 0 Å². The summed E-state index contributed by atoms with van der Waals surface area (Å²) in [5.41, 5.74) is -0.931. The number of hydrogen-bond donors (Lipinski definition) is 2. The van der Waals surface area contributed by atoms with E-state index in [4.69, 9.17) is 4.42 Å². The van der Waals surface area contributed by atoms with Gasteiger partial charge in [0.25, 0.3) is 11.9 Å². The lowest BCUT2D eigenvalue weighted by Gasteiger charge is -2.19. The van der Waals surface area contributed by atoms with Gasteiger partial charge in [0.2, 0.25) is 5.92 Å². The molecule has 2 aromatic rings. The van der Waals surface area contributed by atoms with Gasteiger partial charge in [0, 0.05) is 31.6 Å². The van der Waals surface area contributed by atoms with Gasteiger partial charge in [-0.1, -0.05) is 6.07 Å². The Hall–Kier alpha value is -2.74. The van der Waals surface area contributed by atoms with Crippen LogP contribution in [0.3, 0.4) is 0 Å². The van der Waals surface area contributed by atoms with Gasteiger partial charge in [0.05, 0.1) is 5.56 Å². The van der Waals surface area contributed by atoms with Crippen molar-refractivity contribution in [2.45, 2.75) is 38.3 Å². The van der Waals surface area contributed by atoms with Crippen molar-refractivity contribution in [2.75, 3.05) is 18.4 Å². The van der Waals surface area contributed by atoms with E-state index < -0.39 is 58.9 Å². The summed E-state index contributed by atoms with van der Waals surface area (Å²) >= 11 is 0. The second-order valence-electron chi connectivity index (χ2n) is 7.24. The fourth-order valence-electron chi connectivity index (χ4n) is 3.00. The number of anilines is 2. The summed E-state index contributed by atoms with van der Waals surface area (Å²) in [4.78, 5) is 16.0. The SMILES string of the molecule is Cc1ccc(C(F)(F)F)cc1Nc1nc(C(=O)NS(=O)(=O)N2CCCC(F)(F)CC2)co1. The fourth-order valence-corrected chi connectivity index (χ4v) is 4.17. The van der Waals surface area contributed by atoms with Crippen molar-refractivity contribution in [3.05, 3.63) is 41.3 Å². The minimum absolute atomic E-state index is 0.0201. The summed E-state index contributed by atoms with van der Waals surface area (Å²) < 4.78 is 97.9. The molecule has 8 nitrogen and oxygen atoms in total. The Morgan fingerprint density at radius 3 is 2.62 bits per heavy atom. The van der Waals surface area contributed by atoms with Gasteiger partial charge in [-0.25, -0.2) is 13.5 Å². The van der Waals surface area contributed by atoms with Crippen LogP contribution in [0.5, 0.6) is 0 Å². The van der Waals surface area contributed by atoms with Crippen LogP contribution in [-0.4, -0.2) is 42.6 Å². The average molecular weight is 482 g/mol.